The maximum atomic E-state index is 10.0. The summed E-state index contributed by atoms with van der Waals surface area (Å²) in [6.07, 6.45) is 0. The van der Waals surface area contributed by atoms with Gasteiger partial charge >= 0.3 is 35.5 Å². The summed E-state index contributed by atoms with van der Waals surface area (Å²) in [5.74, 6) is 3.85. The van der Waals surface area contributed by atoms with Crippen molar-refractivity contribution in [1.82, 2.24) is 0 Å². The fraction of sp³-hybridized carbons (Fsp3) is 0.667. The Morgan fingerprint density at radius 1 is 1.75 bits per heavy atom. The first-order chi connectivity index (χ1) is 3.18. The minimum absolute atomic E-state index is 0. The molecule has 0 aliphatic rings. The van der Waals surface area contributed by atoms with Crippen molar-refractivity contribution in [3.05, 3.63) is 0 Å². The molecule has 5 heteroatoms. The van der Waals surface area contributed by atoms with Crippen molar-refractivity contribution in [2.24, 2.45) is 11.6 Å². The first kappa shape index (κ1) is 11.2. The van der Waals surface area contributed by atoms with Gasteiger partial charge in [-0.2, -0.15) is 5.90 Å². The fourth-order valence-electron chi connectivity index (χ4n) is 0.107. The molecule has 0 aromatic rings. The molecule has 0 bridgehead atoms. The fourth-order valence-corrected chi connectivity index (χ4v) is 0.107. The van der Waals surface area contributed by atoms with Crippen molar-refractivity contribution in [1.29, 1.82) is 0 Å². The first-order valence-electron chi connectivity index (χ1n) is 1.84. The van der Waals surface area contributed by atoms with Crippen molar-refractivity contribution in [3.63, 3.8) is 0 Å². The van der Waals surface area contributed by atoms with Gasteiger partial charge in [-0.15, -0.1) is 0 Å². The Kier molecular flexibility index (Phi) is 7.75. The number of carbonyl (C=O) groups is 1. The molecule has 0 aliphatic carbocycles. The van der Waals surface area contributed by atoms with Gasteiger partial charge in [0.05, 0.1) is 0 Å². The maximum absolute atomic E-state index is 10.0. The zero-order valence-electron chi connectivity index (χ0n) is 4.05. The van der Waals surface area contributed by atoms with E-state index in [-0.39, 0.29) is 29.6 Å². The van der Waals surface area contributed by atoms with Gasteiger partial charge in [0.15, 0.2) is 0 Å². The van der Waals surface area contributed by atoms with Crippen LogP contribution in [-0.4, -0.2) is 41.6 Å². The summed E-state index contributed by atoms with van der Waals surface area (Å²) in [6, 6.07) is -0.620. The van der Waals surface area contributed by atoms with E-state index in [0.717, 1.165) is 0 Å². The monoisotopic (exact) mass is 128 g/mol. The van der Waals surface area contributed by atoms with E-state index in [0.29, 0.717) is 0 Å². The second-order valence-corrected chi connectivity index (χ2v) is 1.23. The Bertz CT molecular complexity index is 75.7. The van der Waals surface area contributed by atoms with E-state index in [1.165, 1.54) is 6.92 Å². The number of nitrogens with two attached hydrogens (primary N) is 2. The molecular formula is C3H9N2NaO2. The SMILES string of the molecule is C[C@H](N)C(=O)ON.[NaH]. The van der Waals surface area contributed by atoms with E-state index in [2.05, 4.69) is 10.7 Å². The molecule has 0 rings (SSSR count). The molecule has 0 aliphatic heterocycles. The summed E-state index contributed by atoms with van der Waals surface area (Å²) in [5.41, 5.74) is 4.99. The predicted octanol–water partition coefficient (Wildman–Crippen LogP) is -1.90. The Hall–Kier alpha value is 0.390. The van der Waals surface area contributed by atoms with Crippen molar-refractivity contribution in [3.8, 4) is 0 Å². The van der Waals surface area contributed by atoms with Crippen LogP contribution in [0, 0.1) is 0 Å². The summed E-state index contributed by atoms with van der Waals surface area (Å²) in [6.45, 7) is 1.50. The van der Waals surface area contributed by atoms with Crippen LogP contribution in [0.1, 0.15) is 6.92 Å². The summed E-state index contributed by atoms with van der Waals surface area (Å²) in [5, 5.41) is 0. The minimum atomic E-state index is -0.620. The summed E-state index contributed by atoms with van der Waals surface area (Å²) < 4.78 is 0. The summed E-state index contributed by atoms with van der Waals surface area (Å²) >= 11 is 0. The molecule has 0 aromatic heterocycles. The summed E-state index contributed by atoms with van der Waals surface area (Å²) in [7, 11) is 0. The zero-order valence-corrected chi connectivity index (χ0v) is 4.05. The molecule has 44 valence electrons. The molecule has 0 saturated carbocycles. The van der Waals surface area contributed by atoms with Gasteiger partial charge in [-0.1, -0.05) is 0 Å². The topological polar surface area (TPSA) is 78.3 Å². The van der Waals surface area contributed by atoms with Crippen molar-refractivity contribution in [2.75, 3.05) is 0 Å². The van der Waals surface area contributed by atoms with Crippen LogP contribution in [0.15, 0.2) is 0 Å². The quantitative estimate of drug-likeness (QED) is 0.319. The standard InChI is InChI=1S/C3H8N2O2.Na.H/c1-2(4)3(6)7-5;;/h2H,4-5H2,1H3;;/t2-;;/m0../s1. The number of hydrogen-bond acceptors (Lipinski definition) is 4. The third kappa shape index (κ3) is 4.55. The molecular weight excluding hydrogens is 119 g/mol. The number of rotatable bonds is 1. The van der Waals surface area contributed by atoms with Crippen LogP contribution < -0.4 is 11.6 Å². The molecule has 0 fully saturated rings. The predicted molar refractivity (Wildman–Crippen MR) is 31.1 cm³/mol. The van der Waals surface area contributed by atoms with E-state index in [1.807, 2.05) is 0 Å². The van der Waals surface area contributed by atoms with Gasteiger partial charge in [-0.3, -0.25) is 0 Å². The molecule has 0 aromatic carbocycles. The van der Waals surface area contributed by atoms with Gasteiger partial charge in [-0.05, 0) is 6.92 Å². The van der Waals surface area contributed by atoms with E-state index < -0.39 is 12.0 Å². The third-order valence-electron chi connectivity index (χ3n) is 0.488. The van der Waals surface area contributed by atoms with Crippen LogP contribution >= 0.6 is 0 Å². The normalized spacial score (nSPS) is 11.4. The first-order valence-corrected chi connectivity index (χ1v) is 1.84. The van der Waals surface area contributed by atoms with E-state index >= 15 is 0 Å². The van der Waals surface area contributed by atoms with Crippen molar-refractivity contribution < 1.29 is 9.63 Å². The van der Waals surface area contributed by atoms with E-state index in [1.54, 1.807) is 0 Å². The molecule has 0 spiro atoms. The molecule has 0 saturated heterocycles. The van der Waals surface area contributed by atoms with Crippen molar-refractivity contribution in [2.45, 2.75) is 13.0 Å². The van der Waals surface area contributed by atoms with Crippen LogP contribution in [0.3, 0.4) is 0 Å². The second kappa shape index (κ2) is 5.53. The van der Waals surface area contributed by atoms with E-state index in [9.17, 15) is 4.79 Å². The van der Waals surface area contributed by atoms with Gasteiger partial charge in [-0.25, -0.2) is 4.79 Å². The van der Waals surface area contributed by atoms with Crippen LogP contribution in [0.4, 0.5) is 0 Å². The average Bonchev–Trinajstić information content (AvgIpc) is 1.65. The number of carbonyl (C=O) groups excluding carboxylic acids is 1. The summed E-state index contributed by atoms with van der Waals surface area (Å²) in [4.78, 5) is 13.8. The van der Waals surface area contributed by atoms with Crippen LogP contribution in [0.25, 0.3) is 0 Å². The molecule has 4 nitrogen and oxygen atoms in total. The molecule has 0 heterocycles. The van der Waals surface area contributed by atoms with Crippen LogP contribution in [0.2, 0.25) is 0 Å². The molecule has 0 amide bonds. The number of hydrogen-bond donors (Lipinski definition) is 2. The van der Waals surface area contributed by atoms with Crippen molar-refractivity contribution >= 4 is 35.5 Å². The molecule has 1 atom stereocenters. The van der Waals surface area contributed by atoms with Crippen LogP contribution in [0.5, 0.6) is 0 Å². The van der Waals surface area contributed by atoms with Crippen LogP contribution in [-0.2, 0) is 9.63 Å². The Balaban J connectivity index is 0. The van der Waals surface area contributed by atoms with E-state index in [4.69, 9.17) is 5.73 Å². The Labute approximate surface area is 69.8 Å². The molecule has 0 radical (unpaired) electrons. The van der Waals surface area contributed by atoms with Gasteiger partial charge in [0.25, 0.3) is 0 Å². The Morgan fingerprint density at radius 2 is 2.12 bits per heavy atom. The molecule has 4 N–H and O–H groups in total. The van der Waals surface area contributed by atoms with Gasteiger partial charge in [0.2, 0.25) is 0 Å². The average molecular weight is 128 g/mol. The Morgan fingerprint density at radius 3 is 2.12 bits per heavy atom. The zero-order chi connectivity index (χ0) is 5.86. The van der Waals surface area contributed by atoms with Gasteiger partial charge in [0, 0.05) is 0 Å². The van der Waals surface area contributed by atoms with Gasteiger partial charge in [0.1, 0.15) is 6.04 Å². The molecule has 8 heavy (non-hydrogen) atoms. The van der Waals surface area contributed by atoms with Gasteiger partial charge < -0.3 is 10.6 Å². The molecule has 0 unspecified atom stereocenters. The second-order valence-electron chi connectivity index (χ2n) is 1.23. The third-order valence-corrected chi connectivity index (χ3v) is 0.488.